The molecule has 0 aliphatic rings. The summed E-state index contributed by atoms with van der Waals surface area (Å²) < 4.78 is 0. The van der Waals surface area contributed by atoms with Crippen LogP contribution >= 0.6 is 0 Å². The lowest BCUT2D eigenvalue weighted by molar-refractivity contribution is 0.930. The average molecular weight is 239 g/mol. The minimum Gasteiger partial charge on any atom is -0.355 e. The van der Waals surface area contributed by atoms with Crippen molar-refractivity contribution in [1.82, 2.24) is 4.98 Å². The van der Waals surface area contributed by atoms with Crippen LogP contribution in [0, 0.1) is 0 Å². The number of rotatable bonds is 2. The van der Waals surface area contributed by atoms with Crippen LogP contribution in [0.5, 0.6) is 0 Å². The minimum atomic E-state index is 1.15. The summed E-state index contributed by atoms with van der Waals surface area (Å²) in [6, 6.07) is 15.1. The van der Waals surface area contributed by atoms with E-state index in [1.54, 1.807) is 0 Å². The number of nitrogens with one attached hydrogen (secondary N) is 1. The second-order valence-corrected chi connectivity index (χ2v) is 4.26. The van der Waals surface area contributed by atoms with Gasteiger partial charge in [-0.1, -0.05) is 57.5 Å². The maximum atomic E-state index is 3.48. The summed E-state index contributed by atoms with van der Waals surface area (Å²) in [6.45, 7) is 6.23. The molecule has 1 N–H and O–H groups in total. The van der Waals surface area contributed by atoms with Crippen molar-refractivity contribution in [3.8, 4) is 0 Å². The number of para-hydroxylation sites is 1. The van der Waals surface area contributed by atoms with Crippen molar-refractivity contribution in [2.75, 3.05) is 0 Å². The third-order valence-corrected chi connectivity index (χ3v) is 3.14. The fourth-order valence-corrected chi connectivity index (χ4v) is 2.46. The van der Waals surface area contributed by atoms with Gasteiger partial charge in [0.15, 0.2) is 0 Å². The number of aromatic amines is 1. The van der Waals surface area contributed by atoms with E-state index >= 15 is 0 Å². The van der Waals surface area contributed by atoms with Crippen molar-refractivity contribution in [1.29, 1.82) is 0 Å². The van der Waals surface area contributed by atoms with E-state index in [1.807, 2.05) is 13.8 Å². The zero-order valence-electron chi connectivity index (χ0n) is 11.5. The highest BCUT2D eigenvalue weighted by molar-refractivity contribution is 6.08. The van der Waals surface area contributed by atoms with Crippen LogP contribution in [0.15, 0.2) is 42.5 Å². The van der Waals surface area contributed by atoms with E-state index in [-0.39, 0.29) is 0 Å². The molecule has 0 saturated heterocycles. The number of aryl methyl sites for hydroxylation is 1. The molecule has 2 aromatic carbocycles. The van der Waals surface area contributed by atoms with Crippen molar-refractivity contribution < 1.29 is 0 Å². The van der Waals surface area contributed by atoms with Gasteiger partial charge in [0.1, 0.15) is 0 Å². The van der Waals surface area contributed by atoms with Gasteiger partial charge in [0.05, 0.1) is 0 Å². The molecule has 0 bridgehead atoms. The van der Waals surface area contributed by atoms with E-state index in [1.165, 1.54) is 33.8 Å². The molecule has 1 heteroatoms. The van der Waals surface area contributed by atoms with E-state index in [0.717, 1.165) is 6.42 Å². The Hall–Kier alpha value is -1.76. The van der Waals surface area contributed by atoms with Gasteiger partial charge in [-0.25, -0.2) is 0 Å². The van der Waals surface area contributed by atoms with E-state index in [9.17, 15) is 0 Å². The Morgan fingerprint density at radius 1 is 0.889 bits per heavy atom. The largest absolute Gasteiger partial charge is 0.355 e. The van der Waals surface area contributed by atoms with Crippen molar-refractivity contribution in [2.24, 2.45) is 0 Å². The molecule has 18 heavy (non-hydrogen) atoms. The first kappa shape index (κ1) is 12.7. The molecule has 0 spiro atoms. The van der Waals surface area contributed by atoms with E-state index in [4.69, 9.17) is 0 Å². The number of aromatic nitrogens is 1. The fraction of sp³-hybridized carbons (Fsp3) is 0.294. The summed E-state index contributed by atoms with van der Waals surface area (Å²) in [6.07, 6.45) is 2.35. The van der Waals surface area contributed by atoms with Crippen LogP contribution in [0.25, 0.3) is 21.8 Å². The number of fused-ring (bicyclic) bond motifs is 3. The Morgan fingerprint density at radius 3 is 2.39 bits per heavy atom. The topological polar surface area (TPSA) is 15.8 Å². The molecule has 1 heterocycles. The molecule has 3 aromatic rings. The molecule has 0 fully saturated rings. The molecule has 1 nitrogen and oxygen atoms in total. The van der Waals surface area contributed by atoms with Gasteiger partial charge in [-0.2, -0.15) is 0 Å². The summed E-state index contributed by atoms with van der Waals surface area (Å²) in [5.41, 5.74) is 3.95. The second kappa shape index (κ2) is 5.72. The molecule has 1 aromatic heterocycles. The highest BCUT2D eigenvalue weighted by Crippen LogP contribution is 2.28. The fourth-order valence-electron chi connectivity index (χ4n) is 2.46. The Kier molecular flexibility index (Phi) is 4.03. The second-order valence-electron chi connectivity index (χ2n) is 4.26. The Bertz CT molecular complexity index is 634. The van der Waals surface area contributed by atoms with Crippen LogP contribution in [0.4, 0.5) is 0 Å². The number of H-pyrrole nitrogens is 1. The molecule has 0 amide bonds. The highest BCUT2D eigenvalue weighted by Gasteiger charge is 2.06. The third-order valence-electron chi connectivity index (χ3n) is 3.14. The van der Waals surface area contributed by atoms with Gasteiger partial charge in [0, 0.05) is 21.8 Å². The maximum Gasteiger partial charge on any atom is 0.0467 e. The molecule has 0 aliphatic carbocycles. The van der Waals surface area contributed by atoms with Gasteiger partial charge in [-0.3, -0.25) is 0 Å². The quantitative estimate of drug-likeness (QED) is 0.624. The van der Waals surface area contributed by atoms with Crippen molar-refractivity contribution in [3.05, 3.63) is 48.0 Å². The van der Waals surface area contributed by atoms with Crippen LogP contribution in [-0.4, -0.2) is 4.98 Å². The molecule has 0 aliphatic heterocycles. The Balaban J connectivity index is 0.000000574. The summed E-state index contributed by atoms with van der Waals surface area (Å²) in [5, 5.41) is 2.75. The lowest BCUT2D eigenvalue weighted by Crippen LogP contribution is -1.83. The zero-order valence-corrected chi connectivity index (χ0v) is 11.5. The number of benzene rings is 2. The molecule has 0 saturated carbocycles. The smallest absolute Gasteiger partial charge is 0.0467 e. The predicted octanol–water partition coefficient (Wildman–Crippen LogP) is 5.30. The van der Waals surface area contributed by atoms with Gasteiger partial charge < -0.3 is 4.98 Å². The van der Waals surface area contributed by atoms with E-state index < -0.39 is 0 Å². The van der Waals surface area contributed by atoms with Crippen LogP contribution < -0.4 is 0 Å². The minimum absolute atomic E-state index is 1.15. The van der Waals surface area contributed by atoms with Gasteiger partial charge in [0.25, 0.3) is 0 Å². The van der Waals surface area contributed by atoms with Gasteiger partial charge in [-0.15, -0.1) is 0 Å². The van der Waals surface area contributed by atoms with Crippen LogP contribution in [0.2, 0.25) is 0 Å². The molecule has 0 unspecified atom stereocenters. The number of hydrogen-bond donors (Lipinski definition) is 1. The molecule has 0 atom stereocenters. The number of hydrogen-bond acceptors (Lipinski definition) is 0. The lowest BCUT2D eigenvalue weighted by atomic mass is 10.0. The van der Waals surface area contributed by atoms with Gasteiger partial charge in [-0.05, 0) is 24.1 Å². The highest BCUT2D eigenvalue weighted by atomic mass is 14.7. The molecular formula is C17H21N. The Labute approximate surface area is 109 Å². The normalized spacial score (nSPS) is 10.4. The Morgan fingerprint density at radius 2 is 1.61 bits per heavy atom. The maximum absolute atomic E-state index is 3.48. The van der Waals surface area contributed by atoms with Crippen LogP contribution in [0.1, 0.15) is 32.8 Å². The van der Waals surface area contributed by atoms with E-state index in [2.05, 4.69) is 54.4 Å². The summed E-state index contributed by atoms with van der Waals surface area (Å²) in [5.74, 6) is 0. The lowest BCUT2D eigenvalue weighted by Gasteiger charge is -2.01. The first-order valence-corrected chi connectivity index (χ1v) is 6.88. The van der Waals surface area contributed by atoms with Crippen molar-refractivity contribution in [3.63, 3.8) is 0 Å². The molecule has 3 rings (SSSR count). The standard InChI is InChI=1S/C15H15N.C2H6/c1-2-6-11-7-5-10-14-15(11)12-8-3-4-9-13(12)16-14;1-2/h3-5,7-10,16H,2,6H2,1H3;1-2H3. The van der Waals surface area contributed by atoms with Crippen LogP contribution in [-0.2, 0) is 6.42 Å². The first-order chi connectivity index (χ1) is 8.90. The monoisotopic (exact) mass is 239 g/mol. The SMILES string of the molecule is CC.CCCc1cccc2[nH]c3ccccc3c12. The predicted molar refractivity (Wildman–Crippen MR) is 81.1 cm³/mol. The zero-order chi connectivity index (χ0) is 13.0. The summed E-state index contributed by atoms with van der Waals surface area (Å²) in [4.78, 5) is 3.48. The molecular weight excluding hydrogens is 218 g/mol. The van der Waals surface area contributed by atoms with Crippen molar-refractivity contribution >= 4 is 21.8 Å². The van der Waals surface area contributed by atoms with Gasteiger partial charge in [0.2, 0.25) is 0 Å². The molecule has 0 radical (unpaired) electrons. The van der Waals surface area contributed by atoms with E-state index in [0.29, 0.717) is 0 Å². The van der Waals surface area contributed by atoms with Crippen molar-refractivity contribution in [2.45, 2.75) is 33.6 Å². The van der Waals surface area contributed by atoms with Gasteiger partial charge >= 0.3 is 0 Å². The summed E-state index contributed by atoms with van der Waals surface area (Å²) >= 11 is 0. The summed E-state index contributed by atoms with van der Waals surface area (Å²) in [7, 11) is 0. The van der Waals surface area contributed by atoms with Crippen LogP contribution in [0.3, 0.4) is 0 Å². The first-order valence-electron chi connectivity index (χ1n) is 6.88. The third kappa shape index (κ3) is 2.13. The average Bonchev–Trinajstić information content (AvgIpc) is 2.81. The molecule has 94 valence electrons.